The lowest BCUT2D eigenvalue weighted by atomic mass is 10.1. The molecule has 1 heterocycles. The largest absolute Gasteiger partial charge is 0.488 e. The van der Waals surface area contributed by atoms with Crippen LogP contribution >= 0.6 is 15.9 Å². The normalized spacial score (nSPS) is 17.6. The molecule has 0 fully saturated rings. The molecule has 0 amide bonds. The van der Waals surface area contributed by atoms with Crippen LogP contribution in [0.4, 0.5) is 0 Å². The van der Waals surface area contributed by atoms with Crippen molar-refractivity contribution >= 4 is 15.9 Å². The Morgan fingerprint density at radius 2 is 2.26 bits per heavy atom. The van der Waals surface area contributed by atoms with Gasteiger partial charge in [0.25, 0.3) is 0 Å². The fourth-order valence-corrected chi connectivity index (χ4v) is 2.97. The Hall–Kier alpha value is -0.580. The number of benzene rings is 1. The van der Waals surface area contributed by atoms with E-state index in [0.29, 0.717) is 0 Å². The standard InChI is InChI=1S/C15H22BrNO2/c1-12-3-4-15-13(9-12)10-14(19-15)11-17(6-5-16)7-8-18-2/h3-4,9,14H,5-8,10-11H2,1-2H3. The molecular formula is C15H22BrNO2. The smallest absolute Gasteiger partial charge is 0.123 e. The minimum Gasteiger partial charge on any atom is -0.488 e. The monoisotopic (exact) mass is 327 g/mol. The molecule has 0 N–H and O–H groups in total. The summed E-state index contributed by atoms with van der Waals surface area (Å²) in [6.45, 7) is 5.84. The predicted octanol–water partition coefficient (Wildman–Crippen LogP) is 2.64. The molecule has 1 aliphatic heterocycles. The van der Waals surface area contributed by atoms with E-state index in [0.717, 1.165) is 43.7 Å². The van der Waals surface area contributed by atoms with Gasteiger partial charge >= 0.3 is 0 Å². The van der Waals surface area contributed by atoms with Gasteiger partial charge in [-0.25, -0.2) is 0 Å². The van der Waals surface area contributed by atoms with Crippen LogP contribution in [-0.2, 0) is 11.2 Å². The zero-order valence-corrected chi connectivity index (χ0v) is 13.3. The fourth-order valence-electron chi connectivity index (χ4n) is 2.47. The molecule has 0 radical (unpaired) electrons. The van der Waals surface area contributed by atoms with Gasteiger partial charge in [-0.05, 0) is 18.6 Å². The maximum Gasteiger partial charge on any atom is 0.123 e. The zero-order chi connectivity index (χ0) is 13.7. The number of nitrogens with zero attached hydrogens (tertiary/aromatic N) is 1. The second-order valence-corrected chi connectivity index (χ2v) is 5.83. The SMILES string of the molecule is COCCN(CCBr)CC1Cc2cc(C)ccc2O1. The second kappa shape index (κ2) is 7.27. The van der Waals surface area contributed by atoms with Crippen LogP contribution in [0, 0.1) is 6.92 Å². The van der Waals surface area contributed by atoms with Crippen LogP contribution in [0.5, 0.6) is 5.75 Å². The Morgan fingerprint density at radius 3 is 3.00 bits per heavy atom. The van der Waals surface area contributed by atoms with E-state index in [1.165, 1.54) is 11.1 Å². The number of fused-ring (bicyclic) bond motifs is 1. The second-order valence-electron chi connectivity index (χ2n) is 5.04. The van der Waals surface area contributed by atoms with Crippen molar-refractivity contribution in [2.75, 3.05) is 38.7 Å². The lowest BCUT2D eigenvalue weighted by Crippen LogP contribution is -2.38. The van der Waals surface area contributed by atoms with Crippen LogP contribution in [0.2, 0.25) is 0 Å². The zero-order valence-electron chi connectivity index (χ0n) is 11.7. The van der Waals surface area contributed by atoms with E-state index in [-0.39, 0.29) is 6.10 Å². The van der Waals surface area contributed by atoms with Crippen molar-refractivity contribution < 1.29 is 9.47 Å². The summed E-state index contributed by atoms with van der Waals surface area (Å²) >= 11 is 3.51. The Labute approximate surface area is 124 Å². The highest BCUT2D eigenvalue weighted by atomic mass is 79.9. The third kappa shape index (κ3) is 4.20. The third-order valence-corrected chi connectivity index (χ3v) is 3.79. The summed E-state index contributed by atoms with van der Waals surface area (Å²) < 4.78 is 11.2. The van der Waals surface area contributed by atoms with E-state index in [2.05, 4.69) is 46.0 Å². The highest BCUT2D eigenvalue weighted by Gasteiger charge is 2.24. The van der Waals surface area contributed by atoms with Crippen LogP contribution < -0.4 is 4.74 Å². The van der Waals surface area contributed by atoms with Crippen molar-refractivity contribution in [3.8, 4) is 5.75 Å². The molecule has 0 saturated carbocycles. The summed E-state index contributed by atoms with van der Waals surface area (Å²) in [5.74, 6) is 1.06. The van der Waals surface area contributed by atoms with Crippen molar-refractivity contribution in [1.29, 1.82) is 0 Å². The van der Waals surface area contributed by atoms with Gasteiger partial charge in [-0.15, -0.1) is 0 Å². The molecule has 0 saturated heterocycles. The van der Waals surface area contributed by atoms with Gasteiger partial charge in [-0.1, -0.05) is 33.6 Å². The van der Waals surface area contributed by atoms with Gasteiger partial charge in [0, 0.05) is 38.5 Å². The maximum absolute atomic E-state index is 6.02. The number of methoxy groups -OCH3 is 1. The van der Waals surface area contributed by atoms with Gasteiger partial charge in [0.05, 0.1) is 6.61 Å². The number of rotatable bonds is 7. The fraction of sp³-hybridized carbons (Fsp3) is 0.600. The van der Waals surface area contributed by atoms with E-state index in [4.69, 9.17) is 9.47 Å². The topological polar surface area (TPSA) is 21.7 Å². The summed E-state index contributed by atoms with van der Waals surface area (Å²) in [6.07, 6.45) is 1.29. The van der Waals surface area contributed by atoms with E-state index in [9.17, 15) is 0 Å². The Balaban J connectivity index is 1.90. The van der Waals surface area contributed by atoms with Gasteiger partial charge in [0.15, 0.2) is 0 Å². The predicted molar refractivity (Wildman–Crippen MR) is 81.4 cm³/mol. The van der Waals surface area contributed by atoms with Gasteiger partial charge < -0.3 is 9.47 Å². The van der Waals surface area contributed by atoms with Crippen molar-refractivity contribution in [2.45, 2.75) is 19.4 Å². The molecule has 1 atom stereocenters. The highest BCUT2D eigenvalue weighted by molar-refractivity contribution is 9.09. The number of halogens is 1. The minimum atomic E-state index is 0.271. The number of hydrogen-bond donors (Lipinski definition) is 0. The van der Waals surface area contributed by atoms with Crippen molar-refractivity contribution in [3.63, 3.8) is 0 Å². The highest BCUT2D eigenvalue weighted by Crippen LogP contribution is 2.29. The summed E-state index contributed by atoms with van der Waals surface area (Å²) in [5, 5.41) is 0.982. The number of aryl methyl sites for hydroxylation is 1. The lowest BCUT2D eigenvalue weighted by molar-refractivity contribution is 0.115. The average Bonchev–Trinajstić information content (AvgIpc) is 2.77. The maximum atomic E-state index is 6.02. The summed E-state index contributed by atoms with van der Waals surface area (Å²) in [4.78, 5) is 2.39. The van der Waals surface area contributed by atoms with Crippen molar-refractivity contribution in [2.24, 2.45) is 0 Å². The quantitative estimate of drug-likeness (QED) is 0.719. The first-order valence-corrected chi connectivity index (χ1v) is 7.88. The first-order chi connectivity index (χ1) is 9.22. The van der Waals surface area contributed by atoms with Crippen LogP contribution in [0.1, 0.15) is 11.1 Å². The van der Waals surface area contributed by atoms with Crippen LogP contribution in [0.3, 0.4) is 0 Å². The lowest BCUT2D eigenvalue weighted by Gasteiger charge is -2.24. The molecule has 0 spiro atoms. The Bertz CT molecular complexity index is 411. The Morgan fingerprint density at radius 1 is 1.42 bits per heavy atom. The van der Waals surface area contributed by atoms with Crippen LogP contribution in [0.15, 0.2) is 18.2 Å². The number of hydrogen-bond acceptors (Lipinski definition) is 3. The molecule has 0 bridgehead atoms. The molecular weight excluding hydrogens is 306 g/mol. The van der Waals surface area contributed by atoms with Crippen molar-refractivity contribution in [3.05, 3.63) is 29.3 Å². The number of ether oxygens (including phenoxy) is 2. The molecule has 3 nitrogen and oxygen atoms in total. The van der Waals surface area contributed by atoms with E-state index >= 15 is 0 Å². The minimum absolute atomic E-state index is 0.271. The van der Waals surface area contributed by atoms with Crippen LogP contribution in [0.25, 0.3) is 0 Å². The van der Waals surface area contributed by atoms with Gasteiger partial charge in [-0.3, -0.25) is 4.90 Å². The first-order valence-electron chi connectivity index (χ1n) is 6.76. The van der Waals surface area contributed by atoms with Crippen molar-refractivity contribution in [1.82, 2.24) is 4.90 Å². The first kappa shape index (κ1) is 14.8. The molecule has 1 aromatic carbocycles. The van der Waals surface area contributed by atoms with Gasteiger partial charge in [0.2, 0.25) is 0 Å². The molecule has 1 aliphatic rings. The molecule has 0 aliphatic carbocycles. The molecule has 19 heavy (non-hydrogen) atoms. The summed E-state index contributed by atoms with van der Waals surface area (Å²) in [6, 6.07) is 6.44. The average molecular weight is 328 g/mol. The molecule has 1 aromatic rings. The number of alkyl halides is 1. The molecule has 1 unspecified atom stereocenters. The molecule has 4 heteroatoms. The van der Waals surface area contributed by atoms with E-state index < -0.39 is 0 Å². The van der Waals surface area contributed by atoms with Gasteiger partial charge in [-0.2, -0.15) is 0 Å². The summed E-state index contributed by atoms with van der Waals surface area (Å²) in [7, 11) is 1.75. The van der Waals surface area contributed by atoms with E-state index in [1.54, 1.807) is 7.11 Å². The Kier molecular flexibility index (Phi) is 5.67. The molecule has 106 valence electrons. The molecule has 2 rings (SSSR count). The molecule has 0 aromatic heterocycles. The van der Waals surface area contributed by atoms with Gasteiger partial charge in [0.1, 0.15) is 11.9 Å². The third-order valence-electron chi connectivity index (χ3n) is 3.43. The van der Waals surface area contributed by atoms with Crippen LogP contribution in [-0.4, -0.2) is 49.7 Å². The summed E-state index contributed by atoms with van der Waals surface area (Å²) in [5.41, 5.74) is 2.65. The van der Waals surface area contributed by atoms with E-state index in [1.807, 2.05) is 0 Å².